The average Bonchev–Trinajstić information content (AvgIpc) is 2.27. The van der Waals surface area contributed by atoms with Gasteiger partial charge in [0.15, 0.2) is 0 Å². The highest BCUT2D eigenvalue weighted by molar-refractivity contribution is 5.89. The molecule has 0 bridgehead atoms. The van der Waals surface area contributed by atoms with Gasteiger partial charge in [-0.3, -0.25) is 9.59 Å². The molecule has 7 heteroatoms. The minimum atomic E-state index is -5.16. The average molecular weight is 289 g/mol. The summed E-state index contributed by atoms with van der Waals surface area (Å²) in [5, 5.41) is 0. The standard InChI is InChI=1S/C13H14F3NO3/c1-7-4-5-8(2)10(6-7)12(11(17)19,13(14,15)16)20-9(3)18/h4-6H,1-3H3,(H2,17,19)/t12-/m1/s1. The molecule has 0 aliphatic heterocycles. The maximum atomic E-state index is 13.4. The van der Waals surface area contributed by atoms with E-state index in [0.717, 1.165) is 13.0 Å². The number of carbonyl (C=O) groups is 2. The van der Waals surface area contributed by atoms with E-state index in [2.05, 4.69) is 4.74 Å². The quantitative estimate of drug-likeness (QED) is 0.866. The molecule has 1 aromatic carbocycles. The Bertz CT molecular complexity index is 554. The van der Waals surface area contributed by atoms with Crippen LogP contribution >= 0.6 is 0 Å². The van der Waals surface area contributed by atoms with Crippen molar-refractivity contribution in [1.82, 2.24) is 0 Å². The summed E-state index contributed by atoms with van der Waals surface area (Å²) in [7, 11) is 0. The third kappa shape index (κ3) is 2.61. The normalized spacial score (nSPS) is 14.5. The van der Waals surface area contributed by atoms with E-state index >= 15 is 0 Å². The van der Waals surface area contributed by atoms with Crippen LogP contribution < -0.4 is 5.73 Å². The number of nitrogens with two attached hydrogens (primary N) is 1. The molecular formula is C13H14F3NO3. The van der Waals surface area contributed by atoms with Gasteiger partial charge in [0.05, 0.1) is 0 Å². The Hall–Kier alpha value is -2.05. The number of aryl methyl sites for hydroxylation is 2. The monoisotopic (exact) mass is 289 g/mol. The van der Waals surface area contributed by atoms with Crippen LogP contribution in [0.3, 0.4) is 0 Å². The highest BCUT2D eigenvalue weighted by atomic mass is 19.4. The molecule has 0 fully saturated rings. The Kier molecular flexibility index (Phi) is 4.12. The number of alkyl halides is 3. The molecule has 4 nitrogen and oxygen atoms in total. The first-order chi connectivity index (χ1) is 9.02. The number of amides is 1. The summed E-state index contributed by atoms with van der Waals surface area (Å²) in [6.45, 7) is 3.72. The topological polar surface area (TPSA) is 69.4 Å². The molecule has 0 radical (unpaired) electrons. The lowest BCUT2D eigenvalue weighted by molar-refractivity contribution is -0.265. The molecule has 20 heavy (non-hydrogen) atoms. The summed E-state index contributed by atoms with van der Waals surface area (Å²) < 4.78 is 44.6. The highest BCUT2D eigenvalue weighted by Crippen LogP contribution is 2.43. The van der Waals surface area contributed by atoms with Gasteiger partial charge in [-0.1, -0.05) is 23.8 Å². The van der Waals surface area contributed by atoms with Gasteiger partial charge in [-0.05, 0) is 19.4 Å². The van der Waals surface area contributed by atoms with Crippen LogP contribution in [-0.4, -0.2) is 18.1 Å². The summed E-state index contributed by atoms with van der Waals surface area (Å²) in [4.78, 5) is 22.5. The molecule has 1 rings (SSSR count). The van der Waals surface area contributed by atoms with E-state index in [1.165, 1.54) is 13.0 Å². The van der Waals surface area contributed by atoms with Gasteiger partial charge in [-0.2, -0.15) is 13.2 Å². The Morgan fingerprint density at radius 2 is 1.75 bits per heavy atom. The zero-order chi connectivity index (χ0) is 15.7. The molecule has 1 atom stereocenters. The highest BCUT2D eigenvalue weighted by Gasteiger charge is 2.64. The first kappa shape index (κ1) is 16.0. The molecule has 1 amide bonds. The second-order valence-corrected chi connectivity index (χ2v) is 4.46. The van der Waals surface area contributed by atoms with Crippen LogP contribution in [0.2, 0.25) is 0 Å². The lowest BCUT2D eigenvalue weighted by atomic mass is 9.87. The van der Waals surface area contributed by atoms with Crippen LogP contribution in [0.1, 0.15) is 23.6 Å². The van der Waals surface area contributed by atoms with E-state index < -0.39 is 29.2 Å². The number of esters is 1. The van der Waals surface area contributed by atoms with Crippen molar-refractivity contribution in [2.75, 3.05) is 0 Å². The van der Waals surface area contributed by atoms with E-state index in [-0.39, 0.29) is 5.56 Å². The van der Waals surface area contributed by atoms with Crippen molar-refractivity contribution in [2.45, 2.75) is 32.5 Å². The molecule has 0 aliphatic rings. The van der Waals surface area contributed by atoms with Crippen LogP contribution in [0, 0.1) is 13.8 Å². The first-order valence-corrected chi connectivity index (χ1v) is 5.66. The second-order valence-electron chi connectivity index (χ2n) is 4.46. The Morgan fingerprint density at radius 1 is 1.20 bits per heavy atom. The molecule has 2 N–H and O–H groups in total. The van der Waals surface area contributed by atoms with Crippen molar-refractivity contribution in [2.24, 2.45) is 5.73 Å². The number of ether oxygens (including phenoxy) is 1. The first-order valence-electron chi connectivity index (χ1n) is 5.66. The fourth-order valence-corrected chi connectivity index (χ4v) is 1.92. The van der Waals surface area contributed by atoms with Gasteiger partial charge < -0.3 is 10.5 Å². The van der Waals surface area contributed by atoms with Gasteiger partial charge >= 0.3 is 17.7 Å². The van der Waals surface area contributed by atoms with Crippen LogP contribution in [0.5, 0.6) is 0 Å². The summed E-state index contributed by atoms with van der Waals surface area (Å²) >= 11 is 0. The van der Waals surface area contributed by atoms with Crippen LogP contribution in [0.4, 0.5) is 13.2 Å². The Balaban J connectivity index is 3.71. The van der Waals surface area contributed by atoms with Gasteiger partial charge in [-0.25, -0.2) is 0 Å². The van der Waals surface area contributed by atoms with E-state index in [1.807, 2.05) is 0 Å². The predicted octanol–water partition coefficient (Wildman–Crippen LogP) is 2.11. The molecule has 0 unspecified atom stereocenters. The van der Waals surface area contributed by atoms with Gasteiger partial charge in [0.25, 0.3) is 5.91 Å². The van der Waals surface area contributed by atoms with E-state index in [9.17, 15) is 22.8 Å². The van der Waals surface area contributed by atoms with Crippen molar-refractivity contribution in [1.29, 1.82) is 0 Å². The summed E-state index contributed by atoms with van der Waals surface area (Å²) in [5.41, 5.74) is 1.59. The summed E-state index contributed by atoms with van der Waals surface area (Å²) in [6, 6.07) is 4.11. The number of benzene rings is 1. The van der Waals surface area contributed by atoms with Crippen LogP contribution in [-0.2, 0) is 19.9 Å². The van der Waals surface area contributed by atoms with Gasteiger partial charge in [0.2, 0.25) is 0 Å². The van der Waals surface area contributed by atoms with Crippen molar-refractivity contribution >= 4 is 11.9 Å². The molecule has 0 heterocycles. The number of carbonyl (C=O) groups excluding carboxylic acids is 2. The Morgan fingerprint density at radius 3 is 2.15 bits per heavy atom. The largest absolute Gasteiger partial charge is 0.442 e. The zero-order valence-electron chi connectivity index (χ0n) is 11.2. The predicted molar refractivity (Wildman–Crippen MR) is 64.6 cm³/mol. The minimum Gasteiger partial charge on any atom is -0.434 e. The molecule has 0 saturated carbocycles. The van der Waals surface area contributed by atoms with Crippen molar-refractivity contribution in [3.05, 3.63) is 34.9 Å². The fourth-order valence-electron chi connectivity index (χ4n) is 1.92. The minimum absolute atomic E-state index is 0.146. The van der Waals surface area contributed by atoms with E-state index in [0.29, 0.717) is 5.56 Å². The van der Waals surface area contributed by atoms with Gasteiger partial charge in [0, 0.05) is 12.5 Å². The smallest absolute Gasteiger partial charge is 0.434 e. The lowest BCUT2D eigenvalue weighted by Crippen LogP contribution is -2.55. The van der Waals surface area contributed by atoms with E-state index in [4.69, 9.17) is 5.73 Å². The maximum absolute atomic E-state index is 13.4. The van der Waals surface area contributed by atoms with Gasteiger partial charge in [0.1, 0.15) is 0 Å². The third-order valence-electron chi connectivity index (χ3n) is 2.82. The zero-order valence-corrected chi connectivity index (χ0v) is 11.2. The van der Waals surface area contributed by atoms with Crippen molar-refractivity contribution < 1.29 is 27.5 Å². The molecule has 0 aromatic heterocycles. The molecule has 1 aromatic rings. The van der Waals surface area contributed by atoms with E-state index in [1.54, 1.807) is 13.0 Å². The third-order valence-corrected chi connectivity index (χ3v) is 2.82. The SMILES string of the molecule is CC(=O)O[C@@](C(N)=O)(c1cc(C)ccc1C)C(F)(F)F. The van der Waals surface area contributed by atoms with Crippen molar-refractivity contribution in [3.63, 3.8) is 0 Å². The second kappa shape index (κ2) is 5.15. The van der Waals surface area contributed by atoms with Crippen molar-refractivity contribution in [3.8, 4) is 0 Å². The molecule has 0 spiro atoms. The number of rotatable bonds is 3. The maximum Gasteiger partial charge on any atom is 0.442 e. The molecule has 110 valence electrons. The summed E-state index contributed by atoms with van der Waals surface area (Å²) in [6.07, 6.45) is -5.16. The lowest BCUT2D eigenvalue weighted by Gasteiger charge is -2.33. The molecule has 0 saturated heterocycles. The van der Waals surface area contributed by atoms with Crippen LogP contribution in [0.15, 0.2) is 18.2 Å². The molecule has 0 aliphatic carbocycles. The fraction of sp³-hybridized carbons (Fsp3) is 0.385. The number of hydrogen-bond donors (Lipinski definition) is 1. The number of hydrogen-bond acceptors (Lipinski definition) is 3. The van der Waals surface area contributed by atoms with Crippen LogP contribution in [0.25, 0.3) is 0 Å². The number of primary amides is 1. The Labute approximate surface area is 113 Å². The number of halogens is 3. The van der Waals surface area contributed by atoms with Gasteiger partial charge in [-0.15, -0.1) is 0 Å². The summed E-state index contributed by atoms with van der Waals surface area (Å²) in [5.74, 6) is -3.03. The molecular weight excluding hydrogens is 275 g/mol.